The standard InChI is InChI=1S/C7H9BrF2N2S/c8-6-2-1-4(13-6)3-5(12-11)7(9)10/h1-2,5,7,12H,3,11H2. The fraction of sp³-hybridized carbons (Fsp3) is 0.429. The first-order valence-electron chi connectivity index (χ1n) is 3.62. The van der Waals surface area contributed by atoms with Gasteiger partial charge in [0.15, 0.2) is 0 Å². The van der Waals surface area contributed by atoms with Gasteiger partial charge in [-0.25, -0.2) is 8.78 Å². The van der Waals surface area contributed by atoms with E-state index < -0.39 is 12.5 Å². The van der Waals surface area contributed by atoms with E-state index in [0.29, 0.717) is 0 Å². The van der Waals surface area contributed by atoms with E-state index in [1.54, 1.807) is 0 Å². The Bertz CT molecular complexity index is 267. The van der Waals surface area contributed by atoms with E-state index in [9.17, 15) is 8.78 Å². The Hall–Kier alpha value is -0.0400. The summed E-state index contributed by atoms with van der Waals surface area (Å²) in [5.74, 6) is 4.99. The van der Waals surface area contributed by atoms with Crippen molar-refractivity contribution in [3.8, 4) is 0 Å². The Morgan fingerprint density at radius 3 is 2.62 bits per heavy atom. The Morgan fingerprint density at radius 1 is 1.54 bits per heavy atom. The van der Waals surface area contributed by atoms with Crippen molar-refractivity contribution in [1.82, 2.24) is 5.43 Å². The maximum atomic E-state index is 12.2. The van der Waals surface area contributed by atoms with Crippen molar-refractivity contribution >= 4 is 27.3 Å². The molecule has 1 rings (SSSR count). The highest BCUT2D eigenvalue weighted by Crippen LogP contribution is 2.23. The number of hydrogen-bond donors (Lipinski definition) is 2. The largest absolute Gasteiger partial charge is 0.271 e. The second kappa shape index (κ2) is 4.99. The molecule has 1 heterocycles. The molecule has 0 fully saturated rings. The minimum Gasteiger partial charge on any atom is -0.271 e. The van der Waals surface area contributed by atoms with Crippen LogP contribution in [0.3, 0.4) is 0 Å². The zero-order chi connectivity index (χ0) is 9.84. The van der Waals surface area contributed by atoms with E-state index in [1.165, 1.54) is 11.3 Å². The van der Waals surface area contributed by atoms with Gasteiger partial charge in [-0.3, -0.25) is 11.3 Å². The topological polar surface area (TPSA) is 38.0 Å². The number of hydrazine groups is 1. The van der Waals surface area contributed by atoms with Gasteiger partial charge in [-0.1, -0.05) is 0 Å². The minimum absolute atomic E-state index is 0.254. The molecule has 1 atom stereocenters. The lowest BCUT2D eigenvalue weighted by atomic mass is 10.2. The molecule has 0 amide bonds. The first kappa shape index (κ1) is 11.0. The van der Waals surface area contributed by atoms with Crippen molar-refractivity contribution in [1.29, 1.82) is 0 Å². The first-order valence-corrected chi connectivity index (χ1v) is 5.23. The van der Waals surface area contributed by atoms with Crippen LogP contribution in [0, 0.1) is 0 Å². The molecule has 0 saturated heterocycles. The number of nitrogens with one attached hydrogen (secondary N) is 1. The van der Waals surface area contributed by atoms with E-state index in [4.69, 9.17) is 5.84 Å². The summed E-state index contributed by atoms with van der Waals surface area (Å²) in [6, 6.07) is 2.67. The average Bonchev–Trinajstić information content (AvgIpc) is 2.46. The summed E-state index contributed by atoms with van der Waals surface area (Å²) in [7, 11) is 0. The van der Waals surface area contributed by atoms with Gasteiger partial charge in [0.05, 0.1) is 9.83 Å². The molecule has 1 aromatic heterocycles. The molecular weight excluding hydrogens is 262 g/mol. The van der Waals surface area contributed by atoms with Crippen LogP contribution in [0.2, 0.25) is 0 Å². The smallest absolute Gasteiger partial charge is 0.255 e. The SMILES string of the molecule is NNC(Cc1ccc(Br)s1)C(F)F. The van der Waals surface area contributed by atoms with Crippen molar-refractivity contribution in [3.63, 3.8) is 0 Å². The molecule has 74 valence electrons. The average molecular weight is 271 g/mol. The lowest BCUT2D eigenvalue weighted by molar-refractivity contribution is 0.0988. The van der Waals surface area contributed by atoms with E-state index in [1.807, 2.05) is 12.1 Å². The Labute approximate surface area is 87.2 Å². The molecule has 0 spiro atoms. The molecule has 3 N–H and O–H groups in total. The van der Waals surface area contributed by atoms with E-state index in [0.717, 1.165) is 8.66 Å². The lowest BCUT2D eigenvalue weighted by Crippen LogP contribution is -2.41. The summed E-state index contributed by atoms with van der Waals surface area (Å²) in [6.07, 6.45) is -2.18. The molecule has 0 radical (unpaired) electrons. The van der Waals surface area contributed by atoms with Gasteiger partial charge in [0.2, 0.25) is 0 Å². The van der Waals surface area contributed by atoms with Crippen molar-refractivity contribution in [2.24, 2.45) is 5.84 Å². The molecule has 0 aliphatic carbocycles. The highest BCUT2D eigenvalue weighted by molar-refractivity contribution is 9.11. The van der Waals surface area contributed by atoms with Crippen molar-refractivity contribution < 1.29 is 8.78 Å². The number of halogens is 3. The van der Waals surface area contributed by atoms with Gasteiger partial charge in [-0.15, -0.1) is 11.3 Å². The molecular formula is C7H9BrF2N2S. The van der Waals surface area contributed by atoms with Gasteiger partial charge in [0, 0.05) is 11.3 Å². The molecule has 1 unspecified atom stereocenters. The zero-order valence-electron chi connectivity index (χ0n) is 6.64. The summed E-state index contributed by atoms with van der Waals surface area (Å²) in [6.45, 7) is 0. The number of thiophene rings is 1. The maximum absolute atomic E-state index is 12.2. The van der Waals surface area contributed by atoms with E-state index in [2.05, 4.69) is 21.4 Å². The summed E-state index contributed by atoms with van der Waals surface area (Å²) >= 11 is 4.70. The second-order valence-corrected chi connectivity index (χ2v) is 5.07. The molecule has 0 bridgehead atoms. The van der Waals surface area contributed by atoms with Gasteiger partial charge in [0.25, 0.3) is 6.43 Å². The van der Waals surface area contributed by atoms with Crippen LogP contribution in [-0.2, 0) is 6.42 Å². The Kier molecular flexibility index (Phi) is 4.24. The van der Waals surface area contributed by atoms with Crippen LogP contribution in [0.15, 0.2) is 15.9 Å². The second-order valence-electron chi connectivity index (χ2n) is 2.52. The third-order valence-corrected chi connectivity index (χ3v) is 3.21. The van der Waals surface area contributed by atoms with Crippen LogP contribution in [-0.4, -0.2) is 12.5 Å². The van der Waals surface area contributed by atoms with Crippen molar-refractivity contribution in [3.05, 3.63) is 20.8 Å². The summed E-state index contributed by atoms with van der Waals surface area (Å²) < 4.78 is 25.4. The highest BCUT2D eigenvalue weighted by Gasteiger charge is 2.19. The van der Waals surface area contributed by atoms with Gasteiger partial charge >= 0.3 is 0 Å². The predicted molar refractivity (Wildman–Crippen MR) is 52.8 cm³/mol. The molecule has 2 nitrogen and oxygen atoms in total. The third kappa shape index (κ3) is 3.30. The van der Waals surface area contributed by atoms with Crippen LogP contribution in [0.1, 0.15) is 4.88 Å². The number of nitrogens with two attached hydrogens (primary N) is 1. The summed E-state index contributed by atoms with van der Waals surface area (Å²) in [5, 5.41) is 0. The van der Waals surface area contributed by atoms with Gasteiger partial charge < -0.3 is 0 Å². The fourth-order valence-electron chi connectivity index (χ4n) is 0.899. The normalized spacial score (nSPS) is 13.6. The van der Waals surface area contributed by atoms with Gasteiger partial charge in [-0.05, 0) is 28.1 Å². The van der Waals surface area contributed by atoms with E-state index in [-0.39, 0.29) is 6.42 Å². The Morgan fingerprint density at radius 2 is 2.23 bits per heavy atom. The quantitative estimate of drug-likeness (QED) is 0.650. The van der Waals surface area contributed by atoms with Gasteiger partial charge in [0.1, 0.15) is 0 Å². The van der Waals surface area contributed by atoms with Crippen LogP contribution >= 0.6 is 27.3 Å². The van der Waals surface area contributed by atoms with Crippen LogP contribution < -0.4 is 11.3 Å². The number of rotatable bonds is 4. The van der Waals surface area contributed by atoms with Gasteiger partial charge in [-0.2, -0.15) is 0 Å². The monoisotopic (exact) mass is 270 g/mol. The first-order chi connectivity index (χ1) is 6.13. The number of hydrogen-bond acceptors (Lipinski definition) is 3. The molecule has 0 aliphatic rings. The zero-order valence-corrected chi connectivity index (χ0v) is 9.04. The molecule has 0 aromatic carbocycles. The van der Waals surface area contributed by atoms with Crippen LogP contribution in [0.5, 0.6) is 0 Å². The molecule has 13 heavy (non-hydrogen) atoms. The summed E-state index contributed by atoms with van der Waals surface area (Å²) in [4.78, 5) is 0.884. The summed E-state index contributed by atoms with van der Waals surface area (Å²) in [5.41, 5.74) is 2.10. The molecule has 1 aromatic rings. The molecule has 0 aliphatic heterocycles. The minimum atomic E-state index is -2.44. The van der Waals surface area contributed by atoms with Crippen molar-refractivity contribution in [2.45, 2.75) is 18.9 Å². The Balaban J connectivity index is 2.56. The lowest BCUT2D eigenvalue weighted by Gasteiger charge is -2.12. The third-order valence-electron chi connectivity index (χ3n) is 1.57. The highest BCUT2D eigenvalue weighted by atomic mass is 79.9. The van der Waals surface area contributed by atoms with Crippen molar-refractivity contribution in [2.75, 3.05) is 0 Å². The molecule has 0 saturated carbocycles. The molecule has 6 heteroatoms. The van der Waals surface area contributed by atoms with E-state index >= 15 is 0 Å². The fourth-order valence-corrected chi connectivity index (χ4v) is 2.44. The maximum Gasteiger partial charge on any atom is 0.255 e. The van der Waals surface area contributed by atoms with Crippen LogP contribution in [0.25, 0.3) is 0 Å². The van der Waals surface area contributed by atoms with Crippen LogP contribution in [0.4, 0.5) is 8.78 Å². The number of alkyl halides is 2. The predicted octanol–water partition coefficient (Wildman–Crippen LogP) is 2.15.